The second kappa shape index (κ2) is 8.62. The highest BCUT2D eigenvalue weighted by Crippen LogP contribution is 2.23. The third-order valence-electron chi connectivity index (χ3n) is 5.75. The van der Waals surface area contributed by atoms with Crippen molar-refractivity contribution in [3.8, 4) is 11.3 Å². The Kier molecular flexibility index (Phi) is 5.56. The van der Waals surface area contributed by atoms with E-state index in [0.29, 0.717) is 0 Å². The van der Waals surface area contributed by atoms with Crippen LogP contribution in [0.5, 0.6) is 0 Å². The molecule has 1 aromatic carbocycles. The molecule has 0 fully saturated rings. The number of benzene rings is 1. The quantitative estimate of drug-likeness (QED) is 0.616. The van der Waals surface area contributed by atoms with Gasteiger partial charge in [-0.2, -0.15) is 0 Å². The molecule has 0 radical (unpaired) electrons. The molecule has 0 spiro atoms. The van der Waals surface area contributed by atoms with Gasteiger partial charge < -0.3 is 0 Å². The molecule has 0 saturated carbocycles. The number of nitrogens with zero attached hydrogens (tertiary/aromatic N) is 5. The molecule has 5 nitrogen and oxygen atoms in total. The van der Waals surface area contributed by atoms with Crippen molar-refractivity contribution < 1.29 is 0 Å². The largest absolute Gasteiger partial charge is 0.294 e. The fourth-order valence-electron chi connectivity index (χ4n) is 4.12. The molecule has 2 aliphatic rings. The Balaban J connectivity index is 1.26. The molecule has 0 unspecified atom stereocenters. The predicted octanol–water partition coefficient (Wildman–Crippen LogP) is 4.72. The molecule has 3 aromatic rings. The third-order valence-corrected chi connectivity index (χ3v) is 5.98. The van der Waals surface area contributed by atoms with Crippen LogP contribution < -0.4 is 0 Å². The molecule has 2 aliphatic heterocycles. The maximum absolute atomic E-state index is 6.10. The van der Waals surface area contributed by atoms with Gasteiger partial charge in [0.05, 0.1) is 17.1 Å². The van der Waals surface area contributed by atoms with Crippen LogP contribution in [-0.4, -0.2) is 38.7 Å². The zero-order valence-corrected chi connectivity index (χ0v) is 17.6. The van der Waals surface area contributed by atoms with Crippen molar-refractivity contribution in [2.45, 2.75) is 38.8 Å². The average molecular weight is 418 g/mol. The van der Waals surface area contributed by atoms with Crippen molar-refractivity contribution in [1.82, 2.24) is 19.9 Å². The van der Waals surface area contributed by atoms with E-state index in [1.807, 2.05) is 36.7 Å². The lowest BCUT2D eigenvalue weighted by Gasteiger charge is -2.28. The van der Waals surface area contributed by atoms with Gasteiger partial charge >= 0.3 is 0 Å². The summed E-state index contributed by atoms with van der Waals surface area (Å²) >= 11 is 6.10. The summed E-state index contributed by atoms with van der Waals surface area (Å²) in [6.45, 7) is 3.65. The van der Waals surface area contributed by atoms with Crippen LogP contribution in [0.25, 0.3) is 11.3 Å². The van der Waals surface area contributed by atoms with Crippen LogP contribution in [0.2, 0.25) is 5.02 Å². The molecule has 30 heavy (non-hydrogen) atoms. The van der Waals surface area contributed by atoms with E-state index in [-0.39, 0.29) is 0 Å². The first kappa shape index (κ1) is 19.3. The fraction of sp³-hybridized carbons (Fsp3) is 0.333. The van der Waals surface area contributed by atoms with Crippen molar-refractivity contribution in [3.63, 3.8) is 0 Å². The number of fused-ring (bicyclic) bond motifs is 1. The van der Waals surface area contributed by atoms with Gasteiger partial charge in [-0.15, -0.1) is 0 Å². The number of aliphatic imine (C=N–C) groups is 1. The highest BCUT2D eigenvalue weighted by atomic mass is 35.5. The zero-order valence-electron chi connectivity index (χ0n) is 16.9. The highest BCUT2D eigenvalue weighted by Gasteiger charge is 2.20. The van der Waals surface area contributed by atoms with Crippen LogP contribution >= 0.6 is 11.6 Å². The molecule has 0 saturated heterocycles. The van der Waals surface area contributed by atoms with E-state index in [2.05, 4.69) is 32.0 Å². The Bertz CT molecular complexity index is 1080. The van der Waals surface area contributed by atoms with E-state index in [9.17, 15) is 0 Å². The van der Waals surface area contributed by atoms with Crippen molar-refractivity contribution in [1.29, 1.82) is 0 Å². The smallest absolute Gasteiger partial charge is 0.173 e. The van der Waals surface area contributed by atoms with Gasteiger partial charge in [0.1, 0.15) is 0 Å². The molecule has 0 atom stereocenters. The SMILES string of the molecule is Clc1cccc(-c2ccc(CN3CCc4nc(C5=NCCCC5)ncc4C3)cn2)c1. The van der Waals surface area contributed by atoms with E-state index in [1.54, 1.807) is 0 Å². The fourth-order valence-corrected chi connectivity index (χ4v) is 4.31. The average Bonchev–Trinajstić information content (AvgIpc) is 2.80. The topological polar surface area (TPSA) is 54.3 Å². The maximum atomic E-state index is 6.10. The molecule has 0 bridgehead atoms. The summed E-state index contributed by atoms with van der Waals surface area (Å²) < 4.78 is 0. The van der Waals surface area contributed by atoms with Crippen LogP contribution in [0.1, 0.15) is 41.9 Å². The number of pyridine rings is 1. The summed E-state index contributed by atoms with van der Waals surface area (Å²) in [5, 5.41) is 0.728. The lowest BCUT2D eigenvalue weighted by atomic mass is 10.0. The second-order valence-corrected chi connectivity index (χ2v) is 8.41. The summed E-state index contributed by atoms with van der Waals surface area (Å²) in [6.07, 6.45) is 8.29. The molecule has 5 rings (SSSR count). The second-order valence-electron chi connectivity index (χ2n) is 7.97. The molecule has 2 aromatic heterocycles. The number of hydrogen-bond donors (Lipinski definition) is 0. The maximum Gasteiger partial charge on any atom is 0.173 e. The normalized spacial score (nSPS) is 16.8. The Hall–Kier alpha value is -2.63. The minimum atomic E-state index is 0.728. The minimum Gasteiger partial charge on any atom is -0.294 e. The lowest BCUT2D eigenvalue weighted by molar-refractivity contribution is 0.242. The van der Waals surface area contributed by atoms with Crippen molar-refractivity contribution >= 4 is 17.3 Å². The van der Waals surface area contributed by atoms with Crippen LogP contribution in [0.3, 0.4) is 0 Å². The molecular formula is C24H24ClN5. The van der Waals surface area contributed by atoms with E-state index >= 15 is 0 Å². The summed E-state index contributed by atoms with van der Waals surface area (Å²) in [6, 6.07) is 12.0. The van der Waals surface area contributed by atoms with Crippen LogP contribution in [0, 0.1) is 0 Å². The van der Waals surface area contributed by atoms with Gasteiger partial charge in [0.15, 0.2) is 5.82 Å². The van der Waals surface area contributed by atoms with Gasteiger partial charge in [0.2, 0.25) is 0 Å². The highest BCUT2D eigenvalue weighted by molar-refractivity contribution is 6.30. The Morgan fingerprint density at radius 3 is 2.77 bits per heavy atom. The minimum absolute atomic E-state index is 0.728. The van der Waals surface area contributed by atoms with Gasteiger partial charge in [-0.1, -0.05) is 29.8 Å². The van der Waals surface area contributed by atoms with Gasteiger partial charge in [0.25, 0.3) is 0 Å². The molecule has 4 heterocycles. The third kappa shape index (κ3) is 4.27. The number of hydrogen-bond acceptors (Lipinski definition) is 5. The Morgan fingerprint density at radius 1 is 1.00 bits per heavy atom. The van der Waals surface area contributed by atoms with E-state index < -0.39 is 0 Å². The van der Waals surface area contributed by atoms with Crippen LogP contribution in [0.4, 0.5) is 0 Å². The van der Waals surface area contributed by atoms with Gasteiger partial charge in [-0.25, -0.2) is 9.97 Å². The first-order valence-corrected chi connectivity index (χ1v) is 10.9. The van der Waals surface area contributed by atoms with E-state index in [4.69, 9.17) is 16.6 Å². The molecule has 6 heteroatoms. The molecule has 0 N–H and O–H groups in total. The summed E-state index contributed by atoms with van der Waals surface area (Å²) in [5.41, 5.74) is 6.67. The van der Waals surface area contributed by atoms with Crippen LogP contribution in [-0.2, 0) is 19.5 Å². The number of rotatable bonds is 4. The number of aromatic nitrogens is 3. The first-order valence-electron chi connectivity index (χ1n) is 10.6. The van der Waals surface area contributed by atoms with Crippen molar-refractivity contribution in [3.05, 3.63) is 76.5 Å². The summed E-state index contributed by atoms with van der Waals surface area (Å²) in [5.74, 6) is 0.836. The molecule has 0 amide bonds. The Morgan fingerprint density at radius 2 is 1.97 bits per heavy atom. The monoisotopic (exact) mass is 417 g/mol. The number of halogens is 1. The van der Waals surface area contributed by atoms with Crippen molar-refractivity contribution in [2.75, 3.05) is 13.1 Å². The van der Waals surface area contributed by atoms with Crippen LogP contribution in [0.15, 0.2) is 53.8 Å². The standard InChI is InChI=1S/C24H24ClN5/c25-20-5-3-4-18(12-20)21-8-7-17(13-27-21)15-30-11-9-22-19(16-30)14-28-24(29-22)23-6-1-2-10-26-23/h3-5,7-8,12-14H,1-2,6,9-11,15-16H2. The van der Waals surface area contributed by atoms with E-state index in [0.717, 1.165) is 66.8 Å². The van der Waals surface area contributed by atoms with Crippen molar-refractivity contribution in [2.24, 2.45) is 4.99 Å². The predicted molar refractivity (Wildman–Crippen MR) is 120 cm³/mol. The Labute approximate surface area is 181 Å². The first-order chi connectivity index (χ1) is 14.7. The molecule has 0 aliphatic carbocycles. The lowest BCUT2D eigenvalue weighted by Crippen LogP contribution is -2.31. The molecular weight excluding hydrogens is 394 g/mol. The van der Waals surface area contributed by atoms with Gasteiger partial charge in [0, 0.05) is 61.1 Å². The zero-order chi connectivity index (χ0) is 20.3. The summed E-state index contributed by atoms with van der Waals surface area (Å²) in [7, 11) is 0. The van der Waals surface area contributed by atoms with Gasteiger partial charge in [-0.05, 0) is 43.0 Å². The summed E-state index contributed by atoms with van der Waals surface area (Å²) in [4.78, 5) is 21.1. The van der Waals surface area contributed by atoms with Gasteiger partial charge in [-0.3, -0.25) is 14.9 Å². The van der Waals surface area contributed by atoms with E-state index in [1.165, 1.54) is 29.7 Å². The molecule has 152 valence electrons.